The Morgan fingerprint density at radius 1 is 1.05 bits per heavy atom. The van der Waals surface area contributed by atoms with E-state index in [1.165, 1.54) is 0 Å². The minimum Gasteiger partial charge on any atom is -0.429 e. The molecular formula is C16H27NO3. The first-order valence-corrected chi connectivity index (χ1v) is 7.23. The fraction of sp³-hybridized carbons (Fsp3) is 0.750. The molecule has 0 fully saturated rings. The van der Waals surface area contributed by atoms with Gasteiger partial charge in [-0.2, -0.15) is 0 Å². The summed E-state index contributed by atoms with van der Waals surface area (Å²) in [6.07, 6.45) is 0.821. The first-order chi connectivity index (χ1) is 8.98. The van der Waals surface area contributed by atoms with E-state index < -0.39 is 0 Å². The number of cyclic esters (lactones) is 1. The monoisotopic (exact) mass is 281 g/mol. The summed E-state index contributed by atoms with van der Waals surface area (Å²) in [4.78, 5) is 26.4. The predicted molar refractivity (Wildman–Crippen MR) is 78.9 cm³/mol. The lowest BCUT2D eigenvalue weighted by atomic mass is 9.79. The van der Waals surface area contributed by atoms with Crippen LogP contribution >= 0.6 is 0 Å². The quantitative estimate of drug-likeness (QED) is 0.731. The predicted octanol–water partition coefficient (Wildman–Crippen LogP) is 3.13. The lowest BCUT2D eigenvalue weighted by Gasteiger charge is -2.30. The minimum absolute atomic E-state index is 0.0336. The Bertz CT molecular complexity index is 436. The van der Waals surface area contributed by atoms with Crippen molar-refractivity contribution in [2.24, 2.45) is 10.8 Å². The van der Waals surface area contributed by atoms with Crippen molar-refractivity contribution in [3.63, 3.8) is 0 Å². The maximum absolute atomic E-state index is 12.8. The van der Waals surface area contributed by atoms with Crippen LogP contribution in [0.5, 0.6) is 0 Å². The number of rotatable bonds is 2. The van der Waals surface area contributed by atoms with Crippen LogP contribution in [-0.2, 0) is 14.3 Å². The molecule has 0 unspecified atom stereocenters. The number of hydrogen-bond acceptors (Lipinski definition) is 3. The van der Waals surface area contributed by atoms with Gasteiger partial charge in [0.25, 0.3) is 5.91 Å². The number of amides is 1. The van der Waals surface area contributed by atoms with Crippen molar-refractivity contribution in [3.8, 4) is 0 Å². The topological polar surface area (TPSA) is 46.6 Å². The minimum atomic E-state index is -0.379. The Morgan fingerprint density at radius 3 is 2.00 bits per heavy atom. The van der Waals surface area contributed by atoms with Gasteiger partial charge in [0.1, 0.15) is 12.3 Å². The molecule has 1 rings (SSSR count). The highest BCUT2D eigenvalue weighted by Crippen LogP contribution is 2.39. The average molecular weight is 281 g/mol. The van der Waals surface area contributed by atoms with Crippen LogP contribution in [0.3, 0.4) is 0 Å². The van der Waals surface area contributed by atoms with E-state index in [1.807, 2.05) is 48.5 Å². The molecule has 20 heavy (non-hydrogen) atoms. The largest absolute Gasteiger partial charge is 0.429 e. The van der Waals surface area contributed by atoms with Gasteiger partial charge in [0, 0.05) is 12.0 Å². The molecule has 1 amide bonds. The van der Waals surface area contributed by atoms with Gasteiger partial charge in [0.2, 0.25) is 0 Å². The van der Waals surface area contributed by atoms with Crippen LogP contribution in [0.1, 0.15) is 54.9 Å². The van der Waals surface area contributed by atoms with E-state index in [2.05, 4.69) is 0 Å². The number of esters is 1. The molecule has 0 spiro atoms. The number of ether oxygens (including phenoxy) is 1. The molecule has 1 heterocycles. The highest BCUT2D eigenvalue weighted by atomic mass is 16.5. The van der Waals surface area contributed by atoms with Crippen molar-refractivity contribution in [3.05, 3.63) is 11.3 Å². The molecule has 4 nitrogen and oxygen atoms in total. The smallest absolute Gasteiger partial charge is 0.330 e. The molecule has 1 aliphatic heterocycles. The molecule has 0 aromatic carbocycles. The van der Waals surface area contributed by atoms with Gasteiger partial charge in [0.15, 0.2) is 0 Å². The van der Waals surface area contributed by atoms with Crippen LogP contribution in [0.4, 0.5) is 0 Å². The van der Waals surface area contributed by atoms with Crippen molar-refractivity contribution in [1.29, 1.82) is 0 Å². The summed E-state index contributed by atoms with van der Waals surface area (Å²) in [5.74, 6) is 0.0877. The van der Waals surface area contributed by atoms with Crippen LogP contribution in [-0.4, -0.2) is 29.9 Å². The number of allylic oxidation sites excluding steroid dienone is 1. The molecular weight excluding hydrogens is 254 g/mol. The van der Waals surface area contributed by atoms with Crippen molar-refractivity contribution >= 4 is 11.9 Å². The number of carbonyl (C=O) groups excluding carboxylic acids is 2. The SMILES string of the molecule is CCCN1CC(=O)OC(C(C)(C)C)=C(C(C)(C)C)C1=O. The normalized spacial score (nSPS) is 18.2. The van der Waals surface area contributed by atoms with Gasteiger partial charge in [-0.3, -0.25) is 4.79 Å². The summed E-state index contributed by atoms with van der Waals surface area (Å²) in [7, 11) is 0. The molecule has 0 aromatic heterocycles. The Labute approximate surface area is 122 Å². The fourth-order valence-electron chi connectivity index (χ4n) is 2.32. The van der Waals surface area contributed by atoms with Gasteiger partial charge < -0.3 is 9.64 Å². The second-order valence-electron chi connectivity index (χ2n) is 7.40. The van der Waals surface area contributed by atoms with Crippen molar-refractivity contribution in [2.45, 2.75) is 54.9 Å². The van der Waals surface area contributed by atoms with Crippen LogP contribution in [0, 0.1) is 10.8 Å². The third-order valence-electron chi connectivity index (χ3n) is 3.19. The summed E-state index contributed by atoms with van der Waals surface area (Å²) in [6, 6.07) is 0. The molecule has 0 aromatic rings. The highest BCUT2D eigenvalue weighted by molar-refractivity contribution is 5.98. The number of hydrogen-bond donors (Lipinski definition) is 0. The van der Waals surface area contributed by atoms with Gasteiger partial charge >= 0.3 is 5.97 Å². The standard InChI is InChI=1S/C16H27NO3/c1-8-9-17-10-11(18)20-13(16(5,6)7)12(14(17)19)15(2,3)4/h8-10H2,1-7H3. The molecule has 114 valence electrons. The first kappa shape index (κ1) is 16.7. The summed E-state index contributed by atoms with van der Waals surface area (Å²) < 4.78 is 5.54. The number of nitrogens with zero attached hydrogens (tertiary/aromatic N) is 1. The van der Waals surface area contributed by atoms with E-state index in [0.29, 0.717) is 17.9 Å². The first-order valence-electron chi connectivity index (χ1n) is 7.23. The lowest BCUT2D eigenvalue weighted by molar-refractivity contribution is -0.143. The lowest BCUT2D eigenvalue weighted by Crippen LogP contribution is -2.38. The fourth-order valence-corrected chi connectivity index (χ4v) is 2.32. The van der Waals surface area contributed by atoms with E-state index in [-0.39, 0.29) is 29.3 Å². The Balaban J connectivity index is 3.46. The average Bonchev–Trinajstić information content (AvgIpc) is 2.35. The van der Waals surface area contributed by atoms with Crippen LogP contribution in [0.25, 0.3) is 0 Å². The van der Waals surface area contributed by atoms with Crippen LogP contribution in [0.15, 0.2) is 11.3 Å². The summed E-state index contributed by atoms with van der Waals surface area (Å²) in [6.45, 7) is 14.4. The molecule has 0 N–H and O–H groups in total. The van der Waals surface area contributed by atoms with Gasteiger partial charge in [-0.05, 0) is 11.8 Å². The molecule has 4 heteroatoms. The third kappa shape index (κ3) is 3.62. The Hall–Kier alpha value is -1.32. The number of carbonyl (C=O) groups is 2. The molecule has 1 aliphatic rings. The van der Waals surface area contributed by atoms with Gasteiger partial charge in [-0.15, -0.1) is 0 Å². The maximum Gasteiger partial charge on any atom is 0.330 e. The van der Waals surface area contributed by atoms with Gasteiger partial charge in [-0.1, -0.05) is 48.5 Å². The molecule has 0 saturated heterocycles. The van der Waals surface area contributed by atoms with Gasteiger partial charge in [-0.25, -0.2) is 4.79 Å². The second kappa shape index (κ2) is 5.58. The van der Waals surface area contributed by atoms with E-state index in [9.17, 15) is 9.59 Å². The van der Waals surface area contributed by atoms with Gasteiger partial charge in [0.05, 0.1) is 5.57 Å². The van der Waals surface area contributed by atoms with E-state index >= 15 is 0 Å². The summed E-state index contributed by atoms with van der Waals surface area (Å²) in [5.41, 5.74) is -0.128. The van der Waals surface area contributed by atoms with Crippen LogP contribution in [0.2, 0.25) is 0 Å². The maximum atomic E-state index is 12.8. The van der Waals surface area contributed by atoms with Crippen molar-refractivity contribution in [2.75, 3.05) is 13.1 Å². The Morgan fingerprint density at radius 2 is 1.60 bits per heavy atom. The van der Waals surface area contributed by atoms with Crippen molar-refractivity contribution in [1.82, 2.24) is 4.90 Å². The highest BCUT2D eigenvalue weighted by Gasteiger charge is 2.40. The second-order valence-corrected chi connectivity index (χ2v) is 7.40. The van der Waals surface area contributed by atoms with E-state index in [4.69, 9.17) is 4.74 Å². The van der Waals surface area contributed by atoms with E-state index in [0.717, 1.165) is 6.42 Å². The molecule has 0 aliphatic carbocycles. The third-order valence-corrected chi connectivity index (χ3v) is 3.19. The molecule has 0 atom stereocenters. The zero-order valence-electron chi connectivity index (χ0n) is 13.8. The molecule has 0 radical (unpaired) electrons. The summed E-state index contributed by atoms with van der Waals surface area (Å²) in [5, 5.41) is 0. The zero-order chi connectivity index (χ0) is 15.7. The van der Waals surface area contributed by atoms with Crippen molar-refractivity contribution < 1.29 is 14.3 Å². The molecule has 0 bridgehead atoms. The summed E-state index contributed by atoms with van der Waals surface area (Å²) >= 11 is 0. The zero-order valence-corrected chi connectivity index (χ0v) is 13.8. The molecule has 0 saturated carbocycles. The van der Waals surface area contributed by atoms with Crippen LogP contribution < -0.4 is 0 Å². The van der Waals surface area contributed by atoms with E-state index in [1.54, 1.807) is 4.90 Å². The Kier molecular flexibility index (Phi) is 4.67.